The monoisotopic (exact) mass is 433 g/mol. The maximum atomic E-state index is 12.5. The molecule has 2 aromatic heterocycles. The second-order valence-electron chi connectivity index (χ2n) is 7.14. The van der Waals surface area contributed by atoms with Gasteiger partial charge in [0.25, 0.3) is 5.91 Å². The van der Waals surface area contributed by atoms with Gasteiger partial charge >= 0.3 is 0 Å². The molecule has 0 spiro atoms. The van der Waals surface area contributed by atoms with Crippen molar-refractivity contribution in [3.8, 4) is 11.1 Å². The highest BCUT2D eigenvalue weighted by Crippen LogP contribution is 2.28. The number of aromatic nitrogens is 2. The normalized spacial score (nSPS) is 10.9. The topological polar surface area (TPSA) is 128 Å². The van der Waals surface area contributed by atoms with E-state index in [0.29, 0.717) is 29.1 Å². The number of fused-ring (bicyclic) bond motifs is 1. The van der Waals surface area contributed by atoms with E-state index < -0.39 is 0 Å². The first kappa shape index (κ1) is 20.4. The Morgan fingerprint density at radius 1 is 1.06 bits per heavy atom. The van der Waals surface area contributed by atoms with Gasteiger partial charge < -0.3 is 21.0 Å². The van der Waals surface area contributed by atoms with Gasteiger partial charge in [-0.2, -0.15) is 0 Å². The van der Waals surface area contributed by atoms with Crippen LogP contribution in [-0.4, -0.2) is 28.3 Å². The number of pyridine rings is 1. The minimum absolute atomic E-state index is 0.0129. The van der Waals surface area contributed by atoms with E-state index in [-0.39, 0.29) is 17.3 Å². The van der Waals surface area contributed by atoms with Crippen molar-refractivity contribution < 1.29 is 4.79 Å². The Morgan fingerprint density at radius 3 is 2.61 bits per heavy atom. The highest BCUT2D eigenvalue weighted by molar-refractivity contribution is 6.33. The molecule has 0 aliphatic rings. The minimum atomic E-state index is -0.220. The molecule has 7 nitrogen and oxygen atoms in total. The number of H-pyrrole nitrogens is 2. The quantitative estimate of drug-likeness (QED) is 0.236. The summed E-state index contributed by atoms with van der Waals surface area (Å²) in [4.78, 5) is 29.5. The molecular weight excluding hydrogens is 414 g/mol. The number of benzene rings is 2. The summed E-state index contributed by atoms with van der Waals surface area (Å²) in [6.45, 7) is 0.448. The smallest absolute Gasteiger partial charge is 0.251 e. The predicted octanol–water partition coefficient (Wildman–Crippen LogP) is 3.43. The molecule has 156 valence electrons. The van der Waals surface area contributed by atoms with Gasteiger partial charge in [0.15, 0.2) is 0 Å². The molecule has 0 atom stereocenters. The molecule has 0 aliphatic heterocycles. The number of carbonyl (C=O) groups excluding carboxylic acids is 1. The van der Waals surface area contributed by atoms with Crippen molar-refractivity contribution in [1.82, 2.24) is 15.3 Å². The van der Waals surface area contributed by atoms with Crippen molar-refractivity contribution in [2.45, 2.75) is 6.42 Å². The molecule has 0 radical (unpaired) electrons. The van der Waals surface area contributed by atoms with Crippen LogP contribution in [-0.2, 0) is 6.42 Å². The number of halogens is 1. The Balaban J connectivity index is 1.42. The maximum absolute atomic E-state index is 12.5. The lowest BCUT2D eigenvalue weighted by atomic mass is 10.0. The fourth-order valence-corrected chi connectivity index (χ4v) is 3.73. The summed E-state index contributed by atoms with van der Waals surface area (Å²) >= 11 is 6.36. The third kappa shape index (κ3) is 4.36. The van der Waals surface area contributed by atoms with Gasteiger partial charge in [0.2, 0.25) is 5.56 Å². The van der Waals surface area contributed by atoms with Crippen LogP contribution in [0.25, 0.3) is 22.0 Å². The Kier molecular flexibility index (Phi) is 5.60. The molecule has 31 heavy (non-hydrogen) atoms. The number of hydrogen-bond donors (Lipinski definition) is 5. The lowest BCUT2D eigenvalue weighted by molar-refractivity contribution is 0.0954. The van der Waals surface area contributed by atoms with Crippen LogP contribution < -0.4 is 16.6 Å². The molecule has 2 aromatic carbocycles. The van der Waals surface area contributed by atoms with Gasteiger partial charge in [-0.05, 0) is 47.9 Å². The van der Waals surface area contributed by atoms with Gasteiger partial charge in [-0.15, -0.1) is 0 Å². The van der Waals surface area contributed by atoms with Gasteiger partial charge in [-0.25, -0.2) is 0 Å². The van der Waals surface area contributed by atoms with E-state index in [1.807, 2.05) is 18.2 Å². The van der Waals surface area contributed by atoms with Crippen LogP contribution in [0.5, 0.6) is 0 Å². The van der Waals surface area contributed by atoms with E-state index in [9.17, 15) is 9.59 Å². The molecule has 0 saturated heterocycles. The van der Waals surface area contributed by atoms with Gasteiger partial charge in [-0.1, -0.05) is 23.7 Å². The number of rotatable bonds is 6. The summed E-state index contributed by atoms with van der Waals surface area (Å²) in [5, 5.41) is 11.9. The zero-order valence-corrected chi connectivity index (χ0v) is 17.2. The second-order valence-corrected chi connectivity index (χ2v) is 7.55. The predicted molar refractivity (Wildman–Crippen MR) is 123 cm³/mol. The number of nitrogens with one attached hydrogen (secondary N) is 4. The highest BCUT2D eigenvalue weighted by Gasteiger charge is 2.11. The largest absolute Gasteiger partial charge is 0.384 e. The summed E-state index contributed by atoms with van der Waals surface area (Å²) in [5.41, 5.74) is 9.99. The Bertz CT molecular complexity index is 1340. The zero-order chi connectivity index (χ0) is 22.0. The van der Waals surface area contributed by atoms with Crippen LogP contribution in [0.3, 0.4) is 0 Å². The van der Waals surface area contributed by atoms with E-state index in [1.54, 1.807) is 36.7 Å². The molecule has 0 saturated carbocycles. The fourth-order valence-electron chi connectivity index (χ4n) is 3.44. The number of aromatic amines is 2. The van der Waals surface area contributed by atoms with Crippen LogP contribution in [0.4, 0.5) is 0 Å². The molecule has 4 aromatic rings. The van der Waals surface area contributed by atoms with E-state index in [0.717, 1.165) is 27.6 Å². The van der Waals surface area contributed by atoms with Crippen molar-refractivity contribution in [2.75, 3.05) is 6.54 Å². The molecule has 0 fully saturated rings. The first-order valence-electron chi connectivity index (χ1n) is 9.63. The third-order valence-corrected chi connectivity index (χ3v) is 5.37. The average molecular weight is 434 g/mol. The van der Waals surface area contributed by atoms with E-state index >= 15 is 0 Å². The van der Waals surface area contributed by atoms with Crippen LogP contribution in [0, 0.1) is 5.41 Å². The first-order valence-corrected chi connectivity index (χ1v) is 10.0. The van der Waals surface area contributed by atoms with Crippen molar-refractivity contribution in [2.24, 2.45) is 5.73 Å². The number of carbonyl (C=O) groups is 1. The standard InChI is InChI=1S/C23H20ClN5O2/c24-19-10-14(2-4-16(19)15-3-6-21(30)29-11-15)23(31)27-8-7-13-1-5-20-17(9-13)18(12-28-20)22(25)26/h1-6,9-12,28H,7-8H2,(H3,25,26)(H,27,31)(H,29,30). The van der Waals surface area contributed by atoms with Crippen LogP contribution in [0.1, 0.15) is 21.5 Å². The number of amidine groups is 1. The lowest BCUT2D eigenvalue weighted by Crippen LogP contribution is -2.25. The minimum Gasteiger partial charge on any atom is -0.384 e. The number of nitrogen functional groups attached to an aromatic ring is 1. The van der Waals surface area contributed by atoms with Gasteiger partial charge in [0, 0.05) is 57.6 Å². The number of nitrogens with two attached hydrogens (primary N) is 1. The van der Waals surface area contributed by atoms with E-state index in [1.165, 1.54) is 6.07 Å². The summed E-state index contributed by atoms with van der Waals surface area (Å²) in [6, 6.07) is 14.1. The maximum Gasteiger partial charge on any atom is 0.251 e. The molecule has 0 unspecified atom stereocenters. The molecule has 0 bridgehead atoms. The highest BCUT2D eigenvalue weighted by atomic mass is 35.5. The van der Waals surface area contributed by atoms with Crippen LogP contribution in [0.2, 0.25) is 5.02 Å². The SMILES string of the molecule is N=C(N)c1c[nH]c2ccc(CCNC(=O)c3ccc(-c4ccc(=O)[nH]c4)c(Cl)c3)cc12. The summed E-state index contributed by atoms with van der Waals surface area (Å²) in [7, 11) is 0. The van der Waals surface area contributed by atoms with Crippen molar-refractivity contribution in [3.05, 3.63) is 93.0 Å². The number of amides is 1. The summed E-state index contributed by atoms with van der Waals surface area (Å²) in [5.74, 6) is -0.207. The van der Waals surface area contributed by atoms with Gasteiger partial charge in [0.1, 0.15) is 5.84 Å². The zero-order valence-electron chi connectivity index (χ0n) is 16.5. The summed E-state index contributed by atoms with van der Waals surface area (Å²) < 4.78 is 0. The second kappa shape index (κ2) is 8.49. The molecule has 8 heteroatoms. The van der Waals surface area contributed by atoms with Crippen molar-refractivity contribution >= 4 is 34.2 Å². The molecule has 0 aliphatic carbocycles. The molecule has 2 heterocycles. The average Bonchev–Trinajstić information content (AvgIpc) is 3.18. The molecule has 1 amide bonds. The lowest BCUT2D eigenvalue weighted by Gasteiger charge is -2.09. The van der Waals surface area contributed by atoms with Gasteiger partial charge in [0.05, 0.1) is 0 Å². The molecular formula is C23H20ClN5O2. The third-order valence-electron chi connectivity index (χ3n) is 5.06. The Morgan fingerprint density at radius 2 is 1.90 bits per heavy atom. The summed E-state index contributed by atoms with van der Waals surface area (Å²) in [6.07, 6.45) is 3.94. The Hall–Kier alpha value is -3.84. The van der Waals surface area contributed by atoms with Crippen LogP contribution >= 0.6 is 11.6 Å². The molecule has 6 N–H and O–H groups in total. The van der Waals surface area contributed by atoms with Crippen molar-refractivity contribution in [3.63, 3.8) is 0 Å². The molecule has 4 rings (SSSR count). The fraction of sp³-hybridized carbons (Fsp3) is 0.0870. The van der Waals surface area contributed by atoms with Crippen molar-refractivity contribution in [1.29, 1.82) is 5.41 Å². The van der Waals surface area contributed by atoms with Crippen LogP contribution in [0.15, 0.2) is 65.7 Å². The Labute approximate surface area is 182 Å². The van der Waals surface area contributed by atoms with E-state index in [2.05, 4.69) is 15.3 Å². The van der Waals surface area contributed by atoms with Gasteiger partial charge in [-0.3, -0.25) is 15.0 Å². The van der Waals surface area contributed by atoms with E-state index in [4.69, 9.17) is 22.7 Å². The first-order chi connectivity index (χ1) is 14.9. The number of hydrogen-bond acceptors (Lipinski definition) is 3.